The SMILES string of the molecule is OCCN1CCNCC1.OCCS. The van der Waals surface area contributed by atoms with Gasteiger partial charge in [-0.05, 0) is 0 Å². The van der Waals surface area contributed by atoms with Crippen LogP contribution in [0.2, 0.25) is 0 Å². The Kier molecular flexibility index (Phi) is 10.4. The minimum atomic E-state index is 0.184. The van der Waals surface area contributed by atoms with E-state index < -0.39 is 0 Å². The van der Waals surface area contributed by atoms with Gasteiger partial charge < -0.3 is 15.5 Å². The van der Waals surface area contributed by atoms with Crippen molar-refractivity contribution in [2.45, 2.75) is 0 Å². The first kappa shape index (κ1) is 13.2. The first-order valence-corrected chi connectivity index (χ1v) is 5.24. The van der Waals surface area contributed by atoms with E-state index >= 15 is 0 Å². The van der Waals surface area contributed by atoms with Crippen molar-refractivity contribution in [1.82, 2.24) is 10.2 Å². The summed E-state index contributed by atoms with van der Waals surface area (Å²) in [5.41, 5.74) is 0. The van der Waals surface area contributed by atoms with E-state index in [1.54, 1.807) is 0 Å². The molecule has 80 valence electrons. The second-order valence-electron chi connectivity index (χ2n) is 2.76. The van der Waals surface area contributed by atoms with Gasteiger partial charge >= 0.3 is 0 Å². The van der Waals surface area contributed by atoms with Crippen molar-refractivity contribution in [2.24, 2.45) is 0 Å². The van der Waals surface area contributed by atoms with E-state index in [-0.39, 0.29) is 6.61 Å². The fourth-order valence-electron chi connectivity index (χ4n) is 1.08. The predicted octanol–water partition coefficient (Wildman–Crippen LogP) is -1.21. The molecule has 0 bridgehead atoms. The molecule has 0 saturated carbocycles. The van der Waals surface area contributed by atoms with Crippen LogP contribution < -0.4 is 5.32 Å². The third-order valence-corrected chi connectivity index (χ3v) is 1.93. The van der Waals surface area contributed by atoms with Gasteiger partial charge in [0.25, 0.3) is 0 Å². The smallest absolute Gasteiger partial charge is 0.0558 e. The molecule has 0 amide bonds. The Morgan fingerprint density at radius 3 is 2.08 bits per heavy atom. The summed E-state index contributed by atoms with van der Waals surface area (Å²) in [5, 5.41) is 19.6. The van der Waals surface area contributed by atoms with Crippen LogP contribution in [0.5, 0.6) is 0 Å². The van der Waals surface area contributed by atoms with Gasteiger partial charge in [-0.2, -0.15) is 12.6 Å². The van der Waals surface area contributed by atoms with Crippen molar-refractivity contribution >= 4 is 12.6 Å². The number of hydrogen-bond acceptors (Lipinski definition) is 5. The predicted molar refractivity (Wildman–Crippen MR) is 57.3 cm³/mol. The van der Waals surface area contributed by atoms with E-state index in [0.29, 0.717) is 12.4 Å². The molecule has 1 saturated heterocycles. The molecule has 1 heterocycles. The Morgan fingerprint density at radius 1 is 1.15 bits per heavy atom. The summed E-state index contributed by atoms with van der Waals surface area (Å²) < 4.78 is 0. The lowest BCUT2D eigenvalue weighted by atomic mass is 10.4. The summed E-state index contributed by atoms with van der Waals surface area (Å²) >= 11 is 3.67. The van der Waals surface area contributed by atoms with Crippen LogP contribution in [0.3, 0.4) is 0 Å². The zero-order valence-electron chi connectivity index (χ0n) is 7.95. The summed E-state index contributed by atoms with van der Waals surface area (Å²) in [7, 11) is 0. The fourth-order valence-corrected chi connectivity index (χ4v) is 1.08. The molecular formula is C8H20N2O2S. The maximum Gasteiger partial charge on any atom is 0.0558 e. The highest BCUT2D eigenvalue weighted by molar-refractivity contribution is 7.80. The monoisotopic (exact) mass is 208 g/mol. The highest BCUT2D eigenvalue weighted by Gasteiger charge is 2.06. The van der Waals surface area contributed by atoms with E-state index in [9.17, 15) is 0 Å². The van der Waals surface area contributed by atoms with Crippen molar-refractivity contribution in [3.63, 3.8) is 0 Å². The number of aliphatic hydroxyl groups is 2. The molecule has 13 heavy (non-hydrogen) atoms. The molecule has 4 nitrogen and oxygen atoms in total. The molecule has 1 fully saturated rings. The zero-order chi connectivity index (χ0) is 9.94. The molecule has 0 aromatic carbocycles. The molecule has 0 unspecified atom stereocenters. The van der Waals surface area contributed by atoms with E-state index in [2.05, 4.69) is 22.8 Å². The van der Waals surface area contributed by atoms with Crippen LogP contribution in [-0.4, -0.2) is 66.8 Å². The van der Waals surface area contributed by atoms with Crippen LogP contribution in [0.15, 0.2) is 0 Å². The van der Waals surface area contributed by atoms with Crippen LogP contribution in [-0.2, 0) is 0 Å². The third-order valence-electron chi connectivity index (χ3n) is 1.73. The molecule has 5 heteroatoms. The largest absolute Gasteiger partial charge is 0.396 e. The summed E-state index contributed by atoms with van der Waals surface area (Å²) in [4.78, 5) is 2.26. The van der Waals surface area contributed by atoms with Gasteiger partial charge in [0, 0.05) is 38.5 Å². The molecule has 1 aliphatic heterocycles. The second kappa shape index (κ2) is 10.3. The van der Waals surface area contributed by atoms with E-state index in [4.69, 9.17) is 10.2 Å². The summed E-state index contributed by atoms with van der Waals surface area (Å²) in [6.45, 7) is 5.62. The van der Waals surface area contributed by atoms with Gasteiger partial charge in [0.05, 0.1) is 13.2 Å². The van der Waals surface area contributed by atoms with E-state index in [0.717, 1.165) is 32.7 Å². The number of nitrogens with one attached hydrogen (secondary N) is 1. The molecule has 0 aliphatic carbocycles. The number of aliphatic hydroxyl groups excluding tert-OH is 2. The van der Waals surface area contributed by atoms with E-state index in [1.165, 1.54) is 0 Å². The van der Waals surface area contributed by atoms with Gasteiger partial charge in [0.1, 0.15) is 0 Å². The number of β-amino-alcohol motifs (C(OH)–C–C–N with tert-alkyl or cyclic N) is 1. The van der Waals surface area contributed by atoms with Gasteiger partial charge in [-0.15, -0.1) is 0 Å². The van der Waals surface area contributed by atoms with Crippen molar-refractivity contribution in [1.29, 1.82) is 0 Å². The van der Waals surface area contributed by atoms with Crippen LogP contribution in [0.1, 0.15) is 0 Å². The Bertz CT molecular complexity index is 95.4. The van der Waals surface area contributed by atoms with Crippen molar-refractivity contribution in [3.8, 4) is 0 Å². The van der Waals surface area contributed by atoms with Gasteiger partial charge in [0.15, 0.2) is 0 Å². The van der Waals surface area contributed by atoms with Gasteiger partial charge in [0.2, 0.25) is 0 Å². The molecule has 0 radical (unpaired) electrons. The minimum absolute atomic E-state index is 0.184. The molecule has 0 aromatic rings. The summed E-state index contributed by atoms with van der Waals surface area (Å²) in [5.74, 6) is 0.569. The van der Waals surface area contributed by atoms with Crippen LogP contribution >= 0.6 is 12.6 Å². The Labute approximate surface area is 85.3 Å². The van der Waals surface area contributed by atoms with Crippen molar-refractivity contribution in [3.05, 3.63) is 0 Å². The topological polar surface area (TPSA) is 55.7 Å². The van der Waals surface area contributed by atoms with Crippen LogP contribution in [0, 0.1) is 0 Å². The van der Waals surface area contributed by atoms with Gasteiger partial charge in [-0.3, -0.25) is 4.90 Å². The van der Waals surface area contributed by atoms with Crippen LogP contribution in [0.4, 0.5) is 0 Å². The number of thiol groups is 1. The molecule has 3 N–H and O–H groups in total. The maximum absolute atomic E-state index is 8.56. The van der Waals surface area contributed by atoms with Crippen molar-refractivity contribution in [2.75, 3.05) is 51.7 Å². The number of nitrogens with zero attached hydrogens (tertiary/aromatic N) is 1. The summed E-state index contributed by atoms with van der Waals surface area (Å²) in [6, 6.07) is 0. The average Bonchev–Trinajstić information content (AvgIpc) is 2.20. The highest BCUT2D eigenvalue weighted by atomic mass is 32.1. The lowest BCUT2D eigenvalue weighted by Gasteiger charge is -2.25. The first-order chi connectivity index (χ1) is 6.35. The van der Waals surface area contributed by atoms with Gasteiger partial charge in [-0.25, -0.2) is 0 Å². The fraction of sp³-hybridized carbons (Fsp3) is 1.00. The standard InChI is InChI=1S/C6H14N2O.C2H6OS/c9-6-5-8-3-1-7-2-4-8;3-1-2-4/h7,9H,1-6H2;3-4H,1-2H2. The summed E-state index contributed by atoms with van der Waals surface area (Å²) in [6.07, 6.45) is 0. The lowest BCUT2D eigenvalue weighted by molar-refractivity contribution is 0.180. The molecule has 0 spiro atoms. The molecule has 1 aliphatic rings. The van der Waals surface area contributed by atoms with E-state index in [1.807, 2.05) is 0 Å². The number of hydrogen-bond donors (Lipinski definition) is 4. The van der Waals surface area contributed by atoms with Crippen molar-refractivity contribution < 1.29 is 10.2 Å². The third kappa shape index (κ3) is 8.52. The molecule has 0 aromatic heterocycles. The Balaban J connectivity index is 0.000000310. The van der Waals surface area contributed by atoms with Gasteiger partial charge in [-0.1, -0.05) is 0 Å². The molecular weight excluding hydrogens is 188 g/mol. The normalized spacial score (nSPS) is 17.8. The minimum Gasteiger partial charge on any atom is -0.396 e. The molecule has 1 rings (SSSR count). The second-order valence-corrected chi connectivity index (χ2v) is 3.21. The zero-order valence-corrected chi connectivity index (χ0v) is 8.84. The number of rotatable bonds is 3. The molecule has 0 atom stereocenters. The number of piperazine rings is 1. The first-order valence-electron chi connectivity index (χ1n) is 4.60. The quantitative estimate of drug-likeness (QED) is 0.440. The Morgan fingerprint density at radius 2 is 1.69 bits per heavy atom. The highest BCUT2D eigenvalue weighted by Crippen LogP contribution is 1.88. The maximum atomic E-state index is 8.56. The van der Waals surface area contributed by atoms with Crippen LogP contribution in [0.25, 0.3) is 0 Å². The average molecular weight is 208 g/mol. The lowest BCUT2D eigenvalue weighted by Crippen LogP contribution is -2.44. The Hall–Kier alpha value is 0.190.